The van der Waals surface area contributed by atoms with Crippen LogP contribution in [0.2, 0.25) is 5.02 Å². The lowest BCUT2D eigenvalue weighted by Gasteiger charge is -2.10. The fraction of sp³-hybridized carbons (Fsp3) is 0.105. The molecular weight excluding hydrogens is 294 g/mol. The molecule has 0 heterocycles. The van der Waals surface area contributed by atoms with Crippen LogP contribution >= 0.6 is 11.6 Å². The predicted molar refractivity (Wildman–Crippen MR) is 92.5 cm³/mol. The highest BCUT2D eigenvalue weighted by Gasteiger charge is 2.08. The second kappa shape index (κ2) is 6.20. The van der Waals surface area contributed by atoms with Gasteiger partial charge in [-0.3, -0.25) is 4.79 Å². The van der Waals surface area contributed by atoms with Crippen LogP contribution in [-0.4, -0.2) is 5.91 Å². The molecule has 1 N–H and O–H groups in total. The van der Waals surface area contributed by atoms with Crippen LogP contribution in [0.15, 0.2) is 60.7 Å². The van der Waals surface area contributed by atoms with Gasteiger partial charge in [0.1, 0.15) is 0 Å². The van der Waals surface area contributed by atoms with E-state index in [9.17, 15) is 4.79 Å². The van der Waals surface area contributed by atoms with Gasteiger partial charge in [-0.05, 0) is 47.0 Å². The van der Waals surface area contributed by atoms with Crippen molar-refractivity contribution >= 4 is 34.0 Å². The molecule has 0 fully saturated rings. The summed E-state index contributed by atoms with van der Waals surface area (Å²) in [7, 11) is 0. The highest BCUT2D eigenvalue weighted by molar-refractivity contribution is 6.30. The summed E-state index contributed by atoms with van der Waals surface area (Å²) in [5.41, 5.74) is 2.79. The number of fused-ring (bicyclic) bond motifs is 1. The van der Waals surface area contributed by atoms with Crippen LogP contribution < -0.4 is 5.32 Å². The molecular formula is C19H16ClNO. The van der Waals surface area contributed by atoms with E-state index in [2.05, 4.69) is 17.4 Å². The number of halogens is 1. The monoisotopic (exact) mass is 309 g/mol. The van der Waals surface area contributed by atoms with Crippen molar-refractivity contribution in [1.82, 2.24) is 0 Å². The van der Waals surface area contributed by atoms with Crippen molar-refractivity contribution in [3.63, 3.8) is 0 Å². The van der Waals surface area contributed by atoms with Crippen LogP contribution in [0.4, 0.5) is 5.69 Å². The molecule has 0 aliphatic carbocycles. The Labute approximate surface area is 134 Å². The molecule has 0 saturated carbocycles. The standard InChI is InChI=1S/C19H16ClNO/c1-13-11-16(20)9-10-18(13)21-19(22)12-15-7-4-6-14-5-2-3-8-17(14)15/h2-11H,12H2,1H3,(H,21,22). The van der Waals surface area contributed by atoms with Crippen molar-refractivity contribution in [3.8, 4) is 0 Å². The van der Waals surface area contributed by atoms with Crippen molar-refractivity contribution in [3.05, 3.63) is 76.8 Å². The van der Waals surface area contributed by atoms with Gasteiger partial charge in [0.15, 0.2) is 0 Å². The van der Waals surface area contributed by atoms with Crippen LogP contribution in [0.25, 0.3) is 10.8 Å². The minimum atomic E-state index is -0.0261. The smallest absolute Gasteiger partial charge is 0.228 e. The van der Waals surface area contributed by atoms with Gasteiger partial charge in [0.25, 0.3) is 0 Å². The Morgan fingerprint density at radius 1 is 1.05 bits per heavy atom. The number of hydrogen-bond acceptors (Lipinski definition) is 1. The van der Waals surface area contributed by atoms with Gasteiger partial charge >= 0.3 is 0 Å². The maximum absolute atomic E-state index is 12.3. The van der Waals surface area contributed by atoms with Crippen LogP contribution in [0.3, 0.4) is 0 Å². The second-order valence-corrected chi connectivity index (χ2v) is 5.76. The molecule has 0 atom stereocenters. The van der Waals surface area contributed by atoms with E-state index >= 15 is 0 Å². The SMILES string of the molecule is Cc1cc(Cl)ccc1NC(=O)Cc1cccc2ccccc12. The largest absolute Gasteiger partial charge is 0.326 e. The average Bonchev–Trinajstić information content (AvgIpc) is 2.50. The fourth-order valence-corrected chi connectivity index (χ4v) is 2.81. The summed E-state index contributed by atoms with van der Waals surface area (Å²) < 4.78 is 0. The Balaban J connectivity index is 1.81. The summed E-state index contributed by atoms with van der Waals surface area (Å²) in [6.07, 6.45) is 0.351. The minimum absolute atomic E-state index is 0.0261. The van der Waals surface area contributed by atoms with Gasteiger partial charge in [0.05, 0.1) is 6.42 Å². The Bertz CT molecular complexity index is 836. The predicted octanol–water partition coefficient (Wildman–Crippen LogP) is 4.98. The zero-order valence-corrected chi connectivity index (χ0v) is 13.0. The van der Waals surface area contributed by atoms with Gasteiger partial charge in [0, 0.05) is 10.7 Å². The van der Waals surface area contributed by atoms with Crippen LogP contribution in [-0.2, 0) is 11.2 Å². The summed E-state index contributed by atoms with van der Waals surface area (Å²) in [5, 5.41) is 5.89. The molecule has 0 aliphatic rings. The molecule has 1 amide bonds. The van der Waals surface area contributed by atoms with Gasteiger partial charge < -0.3 is 5.32 Å². The quantitative estimate of drug-likeness (QED) is 0.726. The Morgan fingerprint density at radius 2 is 1.82 bits per heavy atom. The molecule has 110 valence electrons. The summed E-state index contributed by atoms with van der Waals surface area (Å²) in [6.45, 7) is 1.93. The summed E-state index contributed by atoms with van der Waals surface area (Å²) >= 11 is 5.94. The molecule has 3 heteroatoms. The van der Waals surface area contributed by atoms with Crippen LogP contribution in [0, 0.1) is 6.92 Å². The first-order chi connectivity index (χ1) is 10.6. The molecule has 2 nitrogen and oxygen atoms in total. The molecule has 22 heavy (non-hydrogen) atoms. The van der Waals surface area contributed by atoms with Crippen LogP contribution in [0.5, 0.6) is 0 Å². The minimum Gasteiger partial charge on any atom is -0.326 e. The zero-order chi connectivity index (χ0) is 15.5. The van der Waals surface area contributed by atoms with Crippen molar-refractivity contribution in [2.24, 2.45) is 0 Å². The van der Waals surface area contributed by atoms with E-state index in [1.807, 2.05) is 49.4 Å². The van der Waals surface area contributed by atoms with Gasteiger partial charge in [-0.25, -0.2) is 0 Å². The van der Waals surface area contributed by atoms with Gasteiger partial charge in [-0.1, -0.05) is 54.1 Å². The summed E-state index contributed by atoms with van der Waals surface area (Å²) in [6, 6.07) is 19.6. The first kappa shape index (κ1) is 14.6. The van der Waals surface area contributed by atoms with E-state index in [0.717, 1.165) is 27.6 Å². The molecule has 0 saturated heterocycles. The van der Waals surface area contributed by atoms with E-state index in [1.54, 1.807) is 6.07 Å². The molecule has 3 aromatic rings. The van der Waals surface area contributed by atoms with E-state index in [1.165, 1.54) is 0 Å². The van der Waals surface area contributed by atoms with Crippen molar-refractivity contribution in [1.29, 1.82) is 0 Å². The number of carbonyl (C=O) groups excluding carboxylic acids is 1. The molecule has 0 unspecified atom stereocenters. The van der Waals surface area contributed by atoms with Gasteiger partial charge in [-0.2, -0.15) is 0 Å². The van der Waals surface area contributed by atoms with Gasteiger partial charge in [0.2, 0.25) is 5.91 Å². The molecule has 0 aliphatic heterocycles. The number of amides is 1. The highest BCUT2D eigenvalue weighted by atomic mass is 35.5. The topological polar surface area (TPSA) is 29.1 Å². The number of aryl methyl sites for hydroxylation is 1. The molecule has 0 bridgehead atoms. The van der Waals surface area contributed by atoms with Crippen molar-refractivity contribution in [2.45, 2.75) is 13.3 Å². The van der Waals surface area contributed by atoms with Gasteiger partial charge in [-0.15, -0.1) is 0 Å². The number of hydrogen-bond donors (Lipinski definition) is 1. The molecule has 3 aromatic carbocycles. The maximum Gasteiger partial charge on any atom is 0.228 e. The van der Waals surface area contributed by atoms with E-state index in [0.29, 0.717) is 11.4 Å². The molecule has 0 radical (unpaired) electrons. The normalized spacial score (nSPS) is 10.6. The third-order valence-corrected chi connectivity index (χ3v) is 3.93. The first-order valence-electron chi connectivity index (χ1n) is 7.16. The highest BCUT2D eigenvalue weighted by Crippen LogP contribution is 2.22. The number of anilines is 1. The van der Waals surface area contributed by atoms with E-state index < -0.39 is 0 Å². The Hall–Kier alpha value is -2.32. The third kappa shape index (κ3) is 3.12. The third-order valence-electron chi connectivity index (χ3n) is 3.69. The van der Waals surface area contributed by atoms with Crippen molar-refractivity contribution in [2.75, 3.05) is 5.32 Å². The lowest BCUT2D eigenvalue weighted by Crippen LogP contribution is -2.15. The van der Waals surface area contributed by atoms with E-state index in [-0.39, 0.29) is 5.91 Å². The number of benzene rings is 3. The lowest BCUT2D eigenvalue weighted by atomic mass is 10.0. The Kier molecular flexibility index (Phi) is 4.12. The average molecular weight is 310 g/mol. The molecule has 0 spiro atoms. The maximum atomic E-state index is 12.3. The number of carbonyl (C=O) groups is 1. The van der Waals surface area contributed by atoms with Crippen molar-refractivity contribution < 1.29 is 4.79 Å². The first-order valence-corrected chi connectivity index (χ1v) is 7.54. The summed E-state index contributed by atoms with van der Waals surface area (Å²) in [4.78, 5) is 12.3. The molecule has 0 aromatic heterocycles. The van der Waals surface area contributed by atoms with Crippen LogP contribution in [0.1, 0.15) is 11.1 Å². The number of nitrogens with one attached hydrogen (secondary N) is 1. The number of rotatable bonds is 3. The lowest BCUT2D eigenvalue weighted by molar-refractivity contribution is -0.115. The zero-order valence-electron chi connectivity index (χ0n) is 12.3. The molecule has 3 rings (SSSR count). The Morgan fingerprint density at radius 3 is 2.64 bits per heavy atom. The fourth-order valence-electron chi connectivity index (χ4n) is 2.58. The van der Waals surface area contributed by atoms with E-state index in [4.69, 9.17) is 11.6 Å². The second-order valence-electron chi connectivity index (χ2n) is 5.32. The summed E-state index contributed by atoms with van der Waals surface area (Å²) in [5.74, 6) is -0.0261.